The van der Waals surface area contributed by atoms with Gasteiger partial charge in [0.25, 0.3) is 0 Å². The number of ether oxygens (including phenoxy) is 1. The number of aliphatic carboxylic acids is 1. The summed E-state index contributed by atoms with van der Waals surface area (Å²) >= 11 is 12.8. The molecule has 0 unspecified atom stereocenters. The Morgan fingerprint density at radius 1 is 1.23 bits per heavy atom. The number of hydrogen-bond acceptors (Lipinski definition) is 3. The number of hydrogen-bond donors (Lipinski definition) is 1. The molecular weight excluding hydrogens is 364 g/mol. The molecule has 3 nitrogen and oxygen atoms in total. The highest BCUT2D eigenvalue weighted by molar-refractivity contribution is 7.20. The number of alkyl halides is 3. The molecule has 0 saturated heterocycles. The van der Waals surface area contributed by atoms with Crippen LogP contribution in [0.4, 0.5) is 13.2 Å². The molecule has 1 aromatic carbocycles. The van der Waals surface area contributed by atoms with Crippen LogP contribution in [-0.4, -0.2) is 17.7 Å². The van der Waals surface area contributed by atoms with Gasteiger partial charge in [0.05, 0.1) is 9.90 Å². The third kappa shape index (κ3) is 3.85. The van der Waals surface area contributed by atoms with Gasteiger partial charge in [0, 0.05) is 11.1 Å². The molecule has 2 rings (SSSR count). The number of rotatable bonds is 4. The molecule has 0 amide bonds. The summed E-state index contributed by atoms with van der Waals surface area (Å²) in [4.78, 5) is 10.6. The molecule has 0 aliphatic carbocycles. The van der Waals surface area contributed by atoms with Gasteiger partial charge in [-0.2, -0.15) is 13.2 Å². The summed E-state index contributed by atoms with van der Waals surface area (Å²) in [6.45, 7) is -0.687. The van der Waals surface area contributed by atoms with Crippen LogP contribution in [0.1, 0.15) is 5.56 Å². The number of thiophene rings is 1. The largest absolute Gasteiger partial charge is 0.481 e. The minimum Gasteiger partial charge on any atom is -0.481 e. The fourth-order valence-electron chi connectivity index (χ4n) is 1.71. The van der Waals surface area contributed by atoms with Crippen LogP contribution >= 0.6 is 34.5 Å². The summed E-state index contributed by atoms with van der Waals surface area (Å²) < 4.78 is 44.0. The van der Waals surface area contributed by atoms with Crippen molar-refractivity contribution in [2.75, 3.05) is 6.61 Å². The Labute approximate surface area is 136 Å². The molecule has 0 aliphatic heterocycles. The quantitative estimate of drug-likeness (QED) is 0.803. The third-order valence-electron chi connectivity index (χ3n) is 2.60. The Kier molecular flexibility index (Phi) is 4.89. The first-order valence-electron chi connectivity index (χ1n) is 5.69. The average molecular weight is 371 g/mol. The highest BCUT2D eigenvalue weighted by Gasteiger charge is 2.31. The zero-order valence-corrected chi connectivity index (χ0v) is 12.9. The lowest BCUT2D eigenvalue weighted by molar-refractivity contribution is -0.140. The third-order valence-corrected chi connectivity index (χ3v) is 4.09. The van der Waals surface area contributed by atoms with Gasteiger partial charge in [-0.1, -0.05) is 23.2 Å². The number of carboxylic acid groups (broad SMARTS) is 1. The summed E-state index contributed by atoms with van der Waals surface area (Å²) in [5, 5.41) is 8.63. The van der Waals surface area contributed by atoms with E-state index in [0.717, 1.165) is 29.5 Å². The van der Waals surface area contributed by atoms with Crippen LogP contribution in [0, 0.1) is 0 Å². The summed E-state index contributed by atoms with van der Waals surface area (Å²) in [7, 11) is 0. The second kappa shape index (κ2) is 6.36. The smallest absolute Gasteiger partial charge is 0.416 e. The summed E-state index contributed by atoms with van der Waals surface area (Å²) in [5.74, 6) is -1.27. The van der Waals surface area contributed by atoms with E-state index in [9.17, 15) is 18.0 Å². The van der Waals surface area contributed by atoms with Gasteiger partial charge in [-0.25, -0.2) is 4.79 Å². The Morgan fingerprint density at radius 3 is 2.41 bits per heavy atom. The molecule has 0 fully saturated rings. The molecule has 1 heterocycles. The lowest BCUT2D eigenvalue weighted by Crippen LogP contribution is -2.11. The predicted octanol–water partition coefficient (Wildman–Crippen LogP) is 5.20. The van der Waals surface area contributed by atoms with Crippen molar-refractivity contribution in [1.29, 1.82) is 0 Å². The topological polar surface area (TPSA) is 46.5 Å². The minimum atomic E-state index is -4.55. The number of carboxylic acids is 1. The van der Waals surface area contributed by atoms with Gasteiger partial charge in [-0.15, -0.1) is 11.3 Å². The maximum atomic E-state index is 12.8. The van der Waals surface area contributed by atoms with Crippen molar-refractivity contribution in [3.05, 3.63) is 38.5 Å². The lowest BCUT2D eigenvalue weighted by Gasteiger charge is -2.13. The Morgan fingerprint density at radius 2 is 1.91 bits per heavy atom. The van der Waals surface area contributed by atoms with Crippen LogP contribution in [0.3, 0.4) is 0 Å². The SMILES string of the molecule is O=C(O)COc1ccc(C(F)(F)F)cc1-c1cc(Cl)sc1Cl. The van der Waals surface area contributed by atoms with Crippen LogP contribution < -0.4 is 4.74 Å². The van der Waals surface area contributed by atoms with Crippen molar-refractivity contribution in [2.45, 2.75) is 6.18 Å². The Hall–Kier alpha value is -1.44. The molecule has 2 aromatic rings. The van der Waals surface area contributed by atoms with Crippen LogP contribution in [-0.2, 0) is 11.0 Å². The lowest BCUT2D eigenvalue weighted by atomic mass is 10.0. The van der Waals surface area contributed by atoms with Gasteiger partial charge in [0.2, 0.25) is 0 Å². The average Bonchev–Trinajstić information content (AvgIpc) is 2.74. The molecule has 0 aliphatic rings. The second-order valence-corrected chi connectivity index (χ2v) is 6.41. The van der Waals surface area contributed by atoms with Gasteiger partial charge in [-0.3, -0.25) is 0 Å². The van der Waals surface area contributed by atoms with E-state index in [0.29, 0.717) is 4.34 Å². The minimum absolute atomic E-state index is 0.0215. The number of halogens is 5. The first-order chi connectivity index (χ1) is 10.2. The molecule has 22 heavy (non-hydrogen) atoms. The van der Waals surface area contributed by atoms with Crippen molar-refractivity contribution in [2.24, 2.45) is 0 Å². The van der Waals surface area contributed by atoms with Crippen molar-refractivity contribution < 1.29 is 27.8 Å². The maximum Gasteiger partial charge on any atom is 0.416 e. The number of benzene rings is 1. The zero-order valence-electron chi connectivity index (χ0n) is 10.6. The summed E-state index contributed by atoms with van der Waals surface area (Å²) in [6, 6.07) is 4.12. The first kappa shape index (κ1) is 16.9. The second-order valence-electron chi connectivity index (χ2n) is 4.13. The highest BCUT2D eigenvalue weighted by Crippen LogP contribution is 2.44. The summed E-state index contributed by atoms with van der Waals surface area (Å²) in [6.07, 6.45) is -4.55. The maximum absolute atomic E-state index is 12.8. The molecule has 0 saturated carbocycles. The highest BCUT2D eigenvalue weighted by atomic mass is 35.5. The fourth-order valence-corrected chi connectivity index (χ4v) is 3.20. The molecular formula is C13H7Cl2F3O3S. The molecule has 1 aromatic heterocycles. The van der Waals surface area contributed by atoms with Crippen LogP contribution in [0.2, 0.25) is 8.67 Å². The van der Waals surface area contributed by atoms with Crippen LogP contribution in [0.25, 0.3) is 11.1 Å². The van der Waals surface area contributed by atoms with Gasteiger partial charge in [0.15, 0.2) is 6.61 Å². The van der Waals surface area contributed by atoms with Crippen molar-refractivity contribution in [3.63, 3.8) is 0 Å². The van der Waals surface area contributed by atoms with E-state index >= 15 is 0 Å². The summed E-state index contributed by atoms with van der Waals surface area (Å²) in [5.41, 5.74) is -0.615. The van der Waals surface area contributed by atoms with Gasteiger partial charge in [-0.05, 0) is 24.3 Å². The van der Waals surface area contributed by atoms with E-state index in [-0.39, 0.29) is 21.2 Å². The molecule has 9 heteroatoms. The van der Waals surface area contributed by atoms with Crippen molar-refractivity contribution >= 4 is 40.5 Å². The van der Waals surface area contributed by atoms with E-state index in [2.05, 4.69) is 0 Å². The molecule has 1 N–H and O–H groups in total. The molecule has 0 radical (unpaired) electrons. The monoisotopic (exact) mass is 370 g/mol. The standard InChI is InChI=1S/C13H7Cl2F3O3S/c14-10-4-8(12(15)22-10)7-3-6(13(16,17)18)1-2-9(7)21-5-11(19)20/h1-4H,5H2,(H,19,20). The molecule has 0 bridgehead atoms. The van der Waals surface area contributed by atoms with Gasteiger partial charge < -0.3 is 9.84 Å². The Balaban J connectivity index is 2.54. The number of carbonyl (C=O) groups is 1. The van der Waals surface area contributed by atoms with Gasteiger partial charge in [0.1, 0.15) is 10.1 Å². The van der Waals surface area contributed by atoms with E-state index in [4.69, 9.17) is 33.0 Å². The van der Waals surface area contributed by atoms with Crippen molar-refractivity contribution in [3.8, 4) is 16.9 Å². The van der Waals surface area contributed by atoms with Crippen LogP contribution in [0.5, 0.6) is 5.75 Å². The normalized spacial score (nSPS) is 11.5. The van der Waals surface area contributed by atoms with Gasteiger partial charge >= 0.3 is 12.1 Å². The van der Waals surface area contributed by atoms with E-state index in [1.165, 1.54) is 6.07 Å². The zero-order chi connectivity index (χ0) is 16.5. The molecule has 0 atom stereocenters. The first-order valence-corrected chi connectivity index (χ1v) is 7.27. The molecule has 118 valence electrons. The predicted molar refractivity (Wildman–Crippen MR) is 77.9 cm³/mol. The van der Waals surface area contributed by atoms with E-state index < -0.39 is 24.3 Å². The molecule has 0 spiro atoms. The van der Waals surface area contributed by atoms with Crippen molar-refractivity contribution in [1.82, 2.24) is 0 Å². The fraction of sp³-hybridized carbons (Fsp3) is 0.154. The Bertz CT molecular complexity index is 713. The van der Waals surface area contributed by atoms with E-state index in [1.54, 1.807) is 0 Å². The van der Waals surface area contributed by atoms with E-state index in [1.807, 2.05) is 0 Å². The van der Waals surface area contributed by atoms with Crippen LogP contribution in [0.15, 0.2) is 24.3 Å².